The lowest BCUT2D eigenvalue weighted by Gasteiger charge is -2.23. The molecule has 0 bridgehead atoms. The number of amides is 3. The van der Waals surface area contributed by atoms with E-state index in [1.165, 1.54) is 18.2 Å². The molecule has 1 aromatic heterocycles. The zero-order chi connectivity index (χ0) is 19.3. The summed E-state index contributed by atoms with van der Waals surface area (Å²) in [5.74, 6) is 0.213. The Hall–Kier alpha value is -1.50. The van der Waals surface area contributed by atoms with Gasteiger partial charge in [0.2, 0.25) is 5.91 Å². The number of imide groups is 1. The number of nitrogens with one attached hydrogen (secondary N) is 2. The van der Waals surface area contributed by atoms with Crippen molar-refractivity contribution in [1.82, 2.24) is 20.2 Å². The number of carbonyl (C=O) groups is 2. The highest BCUT2D eigenvalue weighted by Crippen LogP contribution is 2.26. The second-order valence-corrected chi connectivity index (χ2v) is 8.94. The lowest BCUT2D eigenvalue weighted by Crippen LogP contribution is -2.47. The number of thioether (sulfide) groups is 1. The first-order chi connectivity index (χ1) is 12.3. The molecule has 7 heteroatoms. The lowest BCUT2D eigenvalue weighted by atomic mass is 9.96. The van der Waals surface area contributed by atoms with Crippen LogP contribution in [0.15, 0.2) is 5.16 Å². The molecular formula is C19H32N4O2S. The lowest BCUT2D eigenvalue weighted by molar-refractivity contribution is -0.119. The van der Waals surface area contributed by atoms with Crippen LogP contribution in [0.25, 0.3) is 0 Å². The number of aryl methyl sites for hydroxylation is 1. The number of hydrogen-bond donors (Lipinski definition) is 2. The maximum absolute atomic E-state index is 12.4. The molecule has 0 aliphatic heterocycles. The third-order valence-electron chi connectivity index (χ3n) is 4.80. The van der Waals surface area contributed by atoms with Gasteiger partial charge in [0, 0.05) is 18.3 Å². The Kier molecular flexibility index (Phi) is 7.55. The molecule has 26 heavy (non-hydrogen) atoms. The van der Waals surface area contributed by atoms with Crippen LogP contribution in [0.4, 0.5) is 4.79 Å². The number of rotatable bonds is 6. The second-order valence-electron chi connectivity index (χ2n) is 7.63. The van der Waals surface area contributed by atoms with Crippen LogP contribution >= 0.6 is 11.8 Å². The zero-order valence-electron chi connectivity index (χ0n) is 16.6. The average molecular weight is 381 g/mol. The first kappa shape index (κ1) is 20.8. The fraction of sp³-hybridized carbons (Fsp3) is 0.737. The van der Waals surface area contributed by atoms with Crippen LogP contribution in [0.1, 0.15) is 64.3 Å². The topological polar surface area (TPSA) is 76.0 Å². The minimum atomic E-state index is -0.390. The summed E-state index contributed by atoms with van der Waals surface area (Å²) in [6.45, 7) is 11.0. The molecule has 1 atom stereocenters. The van der Waals surface area contributed by atoms with Crippen molar-refractivity contribution in [2.24, 2.45) is 5.92 Å². The van der Waals surface area contributed by atoms with Gasteiger partial charge in [-0.05, 0) is 39.5 Å². The summed E-state index contributed by atoms with van der Waals surface area (Å²) in [5, 5.41) is 5.85. The molecule has 6 nitrogen and oxygen atoms in total. The smallest absolute Gasteiger partial charge is 0.321 e. The molecule has 2 N–H and O–H groups in total. The second kappa shape index (κ2) is 9.44. The normalized spacial score (nSPS) is 16.5. The van der Waals surface area contributed by atoms with Crippen molar-refractivity contribution in [3.8, 4) is 0 Å². The van der Waals surface area contributed by atoms with E-state index in [9.17, 15) is 9.59 Å². The maximum Gasteiger partial charge on any atom is 0.321 e. The Labute approximate surface area is 160 Å². The molecule has 1 heterocycles. The molecule has 0 unspecified atom stereocenters. The van der Waals surface area contributed by atoms with E-state index in [2.05, 4.69) is 41.0 Å². The molecule has 1 fully saturated rings. The molecule has 0 radical (unpaired) electrons. The van der Waals surface area contributed by atoms with Crippen molar-refractivity contribution in [3.05, 3.63) is 11.4 Å². The van der Waals surface area contributed by atoms with E-state index in [4.69, 9.17) is 0 Å². The van der Waals surface area contributed by atoms with Crippen LogP contribution in [0, 0.1) is 19.8 Å². The summed E-state index contributed by atoms with van der Waals surface area (Å²) in [4.78, 5) is 29.1. The number of aromatic nitrogens is 2. The molecule has 0 aromatic carbocycles. The maximum atomic E-state index is 12.4. The third kappa shape index (κ3) is 5.76. The van der Waals surface area contributed by atoms with Crippen LogP contribution in [0.3, 0.4) is 0 Å². The van der Waals surface area contributed by atoms with Gasteiger partial charge in [-0.15, -0.1) is 0 Å². The van der Waals surface area contributed by atoms with Crippen LogP contribution < -0.4 is 10.6 Å². The van der Waals surface area contributed by atoms with Crippen LogP contribution in [0.5, 0.6) is 0 Å². The molecule has 0 spiro atoms. The van der Waals surface area contributed by atoms with Crippen LogP contribution in [0.2, 0.25) is 0 Å². The van der Waals surface area contributed by atoms with Crippen molar-refractivity contribution < 1.29 is 9.59 Å². The van der Waals surface area contributed by atoms with E-state index < -0.39 is 0 Å². The molecule has 146 valence electrons. The summed E-state index contributed by atoms with van der Waals surface area (Å²) in [5.41, 5.74) is 2.11. The number of nitrogens with zero attached hydrogens (tertiary/aromatic N) is 2. The molecule has 0 saturated heterocycles. The fourth-order valence-electron chi connectivity index (χ4n) is 3.19. The van der Waals surface area contributed by atoms with Crippen LogP contribution in [-0.2, 0) is 11.3 Å². The number of imidazole rings is 1. The van der Waals surface area contributed by atoms with Crippen molar-refractivity contribution in [2.75, 3.05) is 0 Å². The fourth-order valence-corrected chi connectivity index (χ4v) is 4.20. The first-order valence-electron chi connectivity index (χ1n) is 9.59. The van der Waals surface area contributed by atoms with E-state index >= 15 is 0 Å². The van der Waals surface area contributed by atoms with E-state index in [0.29, 0.717) is 5.92 Å². The summed E-state index contributed by atoms with van der Waals surface area (Å²) >= 11 is 1.40. The summed E-state index contributed by atoms with van der Waals surface area (Å²) in [6, 6.07) is -0.193. The van der Waals surface area contributed by atoms with Crippen LogP contribution in [-0.4, -0.2) is 32.8 Å². The van der Waals surface area contributed by atoms with E-state index in [-0.39, 0.29) is 23.2 Å². The molecule has 3 amide bonds. The molecule has 1 saturated carbocycles. The molecular weight excluding hydrogens is 348 g/mol. The Morgan fingerprint density at radius 1 is 1.19 bits per heavy atom. The number of urea groups is 1. The minimum Gasteiger partial charge on any atom is -0.335 e. The highest BCUT2D eigenvalue weighted by atomic mass is 32.2. The van der Waals surface area contributed by atoms with E-state index in [1.807, 2.05) is 13.8 Å². The largest absolute Gasteiger partial charge is 0.335 e. The highest BCUT2D eigenvalue weighted by Gasteiger charge is 2.23. The van der Waals surface area contributed by atoms with Crippen molar-refractivity contribution >= 4 is 23.7 Å². The van der Waals surface area contributed by atoms with Gasteiger partial charge in [0.05, 0.1) is 10.9 Å². The van der Waals surface area contributed by atoms with Gasteiger partial charge in [-0.1, -0.05) is 44.9 Å². The van der Waals surface area contributed by atoms with Gasteiger partial charge in [-0.25, -0.2) is 9.78 Å². The number of hydrogen-bond acceptors (Lipinski definition) is 4. The zero-order valence-corrected chi connectivity index (χ0v) is 17.4. The summed E-state index contributed by atoms with van der Waals surface area (Å²) in [6.07, 6.45) is 5.51. The summed E-state index contributed by atoms with van der Waals surface area (Å²) < 4.78 is 2.16. The quantitative estimate of drug-likeness (QED) is 0.736. The highest BCUT2D eigenvalue weighted by molar-refractivity contribution is 8.00. The Morgan fingerprint density at radius 2 is 1.85 bits per heavy atom. The Balaban J connectivity index is 1.92. The van der Waals surface area contributed by atoms with Gasteiger partial charge in [0.15, 0.2) is 5.16 Å². The molecule has 1 aliphatic carbocycles. The van der Waals surface area contributed by atoms with E-state index in [0.717, 1.165) is 48.8 Å². The van der Waals surface area contributed by atoms with Gasteiger partial charge in [-0.2, -0.15) is 0 Å². The summed E-state index contributed by atoms with van der Waals surface area (Å²) in [7, 11) is 0. The monoisotopic (exact) mass is 380 g/mol. The van der Waals surface area contributed by atoms with Gasteiger partial charge >= 0.3 is 6.03 Å². The molecule has 2 rings (SSSR count). The van der Waals surface area contributed by atoms with Crippen molar-refractivity contribution in [2.45, 2.75) is 89.7 Å². The predicted octanol–water partition coefficient (Wildman–Crippen LogP) is 3.80. The molecule has 1 aromatic rings. The SMILES string of the molecule is Cc1nc(S[C@H](C)C(=O)NC(=O)NC2CCCCC2)n(CC(C)C)c1C. The Morgan fingerprint density at radius 3 is 2.46 bits per heavy atom. The van der Waals surface area contributed by atoms with E-state index in [1.54, 1.807) is 0 Å². The van der Waals surface area contributed by atoms with Gasteiger partial charge in [-0.3, -0.25) is 10.1 Å². The first-order valence-corrected chi connectivity index (χ1v) is 10.5. The third-order valence-corrected chi connectivity index (χ3v) is 5.89. The van der Waals surface area contributed by atoms with Crippen molar-refractivity contribution in [1.29, 1.82) is 0 Å². The van der Waals surface area contributed by atoms with Gasteiger partial charge < -0.3 is 9.88 Å². The molecule has 1 aliphatic rings. The number of carbonyl (C=O) groups excluding carboxylic acids is 2. The predicted molar refractivity (Wildman–Crippen MR) is 105 cm³/mol. The minimum absolute atomic E-state index is 0.190. The Bertz CT molecular complexity index is 636. The van der Waals surface area contributed by atoms with Gasteiger partial charge in [0.1, 0.15) is 0 Å². The van der Waals surface area contributed by atoms with Gasteiger partial charge in [0.25, 0.3) is 0 Å². The average Bonchev–Trinajstić information content (AvgIpc) is 2.82. The van der Waals surface area contributed by atoms with Crippen molar-refractivity contribution in [3.63, 3.8) is 0 Å². The standard InChI is InChI=1S/C19H32N4O2S/c1-12(2)11-23-14(4)13(3)20-19(23)26-15(5)17(24)22-18(25)21-16-9-7-6-8-10-16/h12,15-16H,6-11H2,1-5H3,(H2,21,22,24,25)/t15-/m1/s1.